The van der Waals surface area contributed by atoms with Gasteiger partial charge in [-0.15, -0.1) is 6.58 Å². The average Bonchev–Trinajstić information content (AvgIpc) is 2.62. The first kappa shape index (κ1) is 19.8. The van der Waals surface area contributed by atoms with Crippen LogP contribution in [0.3, 0.4) is 0 Å². The van der Waals surface area contributed by atoms with Crippen molar-refractivity contribution in [2.75, 3.05) is 33.9 Å². The van der Waals surface area contributed by atoms with E-state index >= 15 is 0 Å². The molecule has 26 heavy (non-hydrogen) atoms. The summed E-state index contributed by atoms with van der Waals surface area (Å²) in [6.45, 7) is 5.49. The van der Waals surface area contributed by atoms with Gasteiger partial charge in [0.15, 0.2) is 11.5 Å². The molecule has 1 aromatic rings. The van der Waals surface area contributed by atoms with Crippen LogP contribution in [0.4, 0.5) is 0 Å². The number of nitrogens with one attached hydrogen (secondary N) is 1. The molecule has 1 saturated heterocycles. The van der Waals surface area contributed by atoms with Crippen molar-refractivity contribution in [3.8, 4) is 11.5 Å². The number of amides is 2. The molecule has 1 aromatic carbocycles. The van der Waals surface area contributed by atoms with Crippen molar-refractivity contribution in [1.82, 2.24) is 10.2 Å². The van der Waals surface area contributed by atoms with Crippen molar-refractivity contribution < 1.29 is 19.1 Å². The molecule has 0 aliphatic carbocycles. The number of methoxy groups -OCH3 is 2. The van der Waals surface area contributed by atoms with E-state index in [-0.39, 0.29) is 24.4 Å². The van der Waals surface area contributed by atoms with Gasteiger partial charge in [0.1, 0.15) is 0 Å². The normalized spacial score (nSPS) is 15.3. The molecule has 0 radical (unpaired) electrons. The number of likely N-dealkylation sites (tertiary alicyclic amines) is 1. The Hall–Kier alpha value is -2.54. The van der Waals surface area contributed by atoms with Gasteiger partial charge in [-0.05, 0) is 31.4 Å². The van der Waals surface area contributed by atoms with E-state index in [1.54, 1.807) is 32.4 Å². The van der Waals surface area contributed by atoms with Crippen LogP contribution in [-0.2, 0) is 11.2 Å². The minimum absolute atomic E-state index is 0.0718. The van der Waals surface area contributed by atoms with Crippen LogP contribution < -0.4 is 20.5 Å². The van der Waals surface area contributed by atoms with E-state index in [0.717, 1.165) is 31.5 Å². The zero-order valence-corrected chi connectivity index (χ0v) is 15.4. The lowest BCUT2D eigenvalue weighted by Gasteiger charge is -2.31. The third kappa shape index (κ3) is 4.98. The van der Waals surface area contributed by atoms with Gasteiger partial charge in [-0.2, -0.15) is 0 Å². The summed E-state index contributed by atoms with van der Waals surface area (Å²) in [5.74, 6) is 0.661. The number of ether oxygens (including phenoxy) is 2. The predicted octanol–water partition coefficient (Wildman–Crippen LogP) is 1.11. The molecule has 0 aromatic heterocycles. The van der Waals surface area contributed by atoms with E-state index < -0.39 is 0 Å². The molecule has 0 bridgehead atoms. The van der Waals surface area contributed by atoms with Gasteiger partial charge in [0.25, 0.3) is 5.91 Å². The van der Waals surface area contributed by atoms with Crippen LogP contribution in [0.5, 0.6) is 11.5 Å². The molecule has 1 heterocycles. The zero-order valence-electron chi connectivity index (χ0n) is 15.4. The first-order valence-corrected chi connectivity index (χ1v) is 8.65. The summed E-state index contributed by atoms with van der Waals surface area (Å²) in [4.78, 5) is 25.7. The van der Waals surface area contributed by atoms with Crippen molar-refractivity contribution in [3.63, 3.8) is 0 Å². The monoisotopic (exact) mass is 361 g/mol. The maximum absolute atomic E-state index is 12.7. The van der Waals surface area contributed by atoms with Crippen molar-refractivity contribution >= 4 is 11.8 Å². The molecule has 0 unspecified atom stereocenters. The molecule has 1 fully saturated rings. The van der Waals surface area contributed by atoms with Gasteiger partial charge in [-0.25, -0.2) is 0 Å². The van der Waals surface area contributed by atoms with Gasteiger partial charge in [-0.1, -0.05) is 6.08 Å². The molecule has 2 rings (SSSR count). The maximum Gasteiger partial charge on any atom is 0.251 e. The highest BCUT2D eigenvalue weighted by atomic mass is 16.5. The summed E-state index contributed by atoms with van der Waals surface area (Å²) < 4.78 is 10.8. The van der Waals surface area contributed by atoms with Crippen LogP contribution in [0.2, 0.25) is 0 Å². The smallest absolute Gasteiger partial charge is 0.251 e. The predicted molar refractivity (Wildman–Crippen MR) is 99.6 cm³/mol. The van der Waals surface area contributed by atoms with Crippen molar-refractivity contribution in [2.24, 2.45) is 5.73 Å². The fourth-order valence-electron chi connectivity index (χ4n) is 3.21. The molecular weight excluding hydrogens is 334 g/mol. The lowest BCUT2D eigenvalue weighted by molar-refractivity contribution is -0.119. The molecule has 142 valence electrons. The largest absolute Gasteiger partial charge is 0.493 e. The van der Waals surface area contributed by atoms with E-state index in [2.05, 4.69) is 11.9 Å². The number of carbonyl (C=O) groups excluding carboxylic acids is 2. The van der Waals surface area contributed by atoms with Gasteiger partial charge in [0.05, 0.1) is 20.8 Å². The Morgan fingerprint density at radius 3 is 2.54 bits per heavy atom. The summed E-state index contributed by atoms with van der Waals surface area (Å²) in [5.41, 5.74) is 6.60. The fraction of sp³-hybridized carbons (Fsp3) is 0.474. The number of hydrogen-bond donors (Lipinski definition) is 2. The molecule has 0 saturated carbocycles. The first-order valence-electron chi connectivity index (χ1n) is 8.65. The highest BCUT2D eigenvalue weighted by Gasteiger charge is 2.23. The standard InChI is InChI=1S/C19H27N3O4/c1-4-5-13-10-14(11-16(25-2)18(13)26-3)19(24)21-15-6-8-22(9-7-15)12-17(20)23/h4,10-11,15H,1,5-9,12H2,2-3H3,(H2,20,23)(H,21,24). The second kappa shape index (κ2) is 9.24. The Labute approximate surface area is 154 Å². The third-order valence-electron chi connectivity index (χ3n) is 4.48. The van der Waals surface area contributed by atoms with Crippen LogP contribution in [0.25, 0.3) is 0 Å². The van der Waals surface area contributed by atoms with E-state index in [1.807, 2.05) is 4.90 Å². The van der Waals surface area contributed by atoms with Gasteiger partial charge in [-0.3, -0.25) is 14.5 Å². The Kier molecular flexibility index (Phi) is 7.03. The van der Waals surface area contributed by atoms with Gasteiger partial charge in [0, 0.05) is 30.3 Å². The molecular formula is C19H27N3O4. The van der Waals surface area contributed by atoms with E-state index in [1.165, 1.54) is 0 Å². The van der Waals surface area contributed by atoms with Crippen molar-refractivity contribution in [3.05, 3.63) is 35.9 Å². The third-order valence-corrected chi connectivity index (χ3v) is 4.48. The molecule has 7 nitrogen and oxygen atoms in total. The zero-order chi connectivity index (χ0) is 19.1. The highest BCUT2D eigenvalue weighted by Crippen LogP contribution is 2.33. The number of rotatable bonds is 8. The van der Waals surface area contributed by atoms with Crippen molar-refractivity contribution in [2.45, 2.75) is 25.3 Å². The molecule has 0 spiro atoms. The summed E-state index contributed by atoms with van der Waals surface area (Å²) >= 11 is 0. The molecule has 1 aliphatic rings. The van der Waals surface area contributed by atoms with Gasteiger partial charge in [0.2, 0.25) is 5.91 Å². The number of hydrogen-bond acceptors (Lipinski definition) is 5. The molecule has 0 atom stereocenters. The number of nitrogens with two attached hydrogens (primary N) is 1. The van der Waals surface area contributed by atoms with Crippen LogP contribution in [0.15, 0.2) is 24.8 Å². The Balaban J connectivity index is 2.06. The Morgan fingerprint density at radius 2 is 2.00 bits per heavy atom. The summed E-state index contributed by atoms with van der Waals surface area (Å²) in [7, 11) is 3.12. The van der Waals surface area contributed by atoms with E-state index in [0.29, 0.717) is 23.5 Å². The van der Waals surface area contributed by atoms with Gasteiger partial charge >= 0.3 is 0 Å². The minimum atomic E-state index is -0.326. The molecule has 2 amide bonds. The SMILES string of the molecule is C=CCc1cc(C(=O)NC2CCN(CC(N)=O)CC2)cc(OC)c1OC. The summed E-state index contributed by atoms with van der Waals surface area (Å²) in [6.07, 6.45) is 3.90. The topological polar surface area (TPSA) is 93.9 Å². The first-order chi connectivity index (χ1) is 12.5. The molecule has 3 N–H and O–H groups in total. The minimum Gasteiger partial charge on any atom is -0.493 e. The van der Waals surface area contributed by atoms with Crippen LogP contribution in [0, 0.1) is 0 Å². The van der Waals surface area contributed by atoms with Crippen LogP contribution in [-0.4, -0.2) is 56.6 Å². The molecule has 7 heteroatoms. The number of nitrogens with zero attached hydrogens (tertiary/aromatic N) is 1. The number of benzene rings is 1. The second-order valence-corrected chi connectivity index (χ2v) is 6.35. The van der Waals surface area contributed by atoms with E-state index in [4.69, 9.17) is 15.2 Å². The lowest BCUT2D eigenvalue weighted by Crippen LogP contribution is -2.46. The van der Waals surface area contributed by atoms with E-state index in [9.17, 15) is 9.59 Å². The quantitative estimate of drug-likeness (QED) is 0.677. The number of primary amides is 1. The Bertz CT molecular complexity index is 667. The van der Waals surface area contributed by atoms with Crippen LogP contribution >= 0.6 is 0 Å². The summed E-state index contributed by atoms with van der Waals surface area (Å²) in [5, 5.41) is 3.06. The van der Waals surface area contributed by atoms with Crippen LogP contribution in [0.1, 0.15) is 28.8 Å². The summed E-state index contributed by atoms with van der Waals surface area (Å²) in [6, 6.07) is 3.56. The number of piperidine rings is 1. The average molecular weight is 361 g/mol. The van der Waals surface area contributed by atoms with Gasteiger partial charge < -0.3 is 20.5 Å². The number of allylic oxidation sites excluding steroid dienone is 1. The van der Waals surface area contributed by atoms with Crippen molar-refractivity contribution in [1.29, 1.82) is 0 Å². The highest BCUT2D eigenvalue weighted by molar-refractivity contribution is 5.95. The second-order valence-electron chi connectivity index (χ2n) is 6.35. The lowest BCUT2D eigenvalue weighted by atomic mass is 10.0. The number of carbonyl (C=O) groups is 2. The maximum atomic E-state index is 12.7. The molecule has 1 aliphatic heterocycles. The Morgan fingerprint density at radius 1 is 1.31 bits per heavy atom. The fourth-order valence-corrected chi connectivity index (χ4v) is 3.21.